The molecule has 0 atom stereocenters. The average molecular weight is 287 g/mol. The monoisotopic (exact) mass is 286 g/mol. The number of fused-ring (bicyclic) bond motifs is 2. The van der Waals surface area contributed by atoms with Crippen LogP contribution in [0.25, 0.3) is 0 Å². The summed E-state index contributed by atoms with van der Waals surface area (Å²) < 4.78 is 0.818. The van der Waals surface area contributed by atoms with E-state index >= 15 is 0 Å². The molecule has 1 aromatic carbocycles. The van der Waals surface area contributed by atoms with Crippen molar-refractivity contribution in [1.82, 2.24) is 4.48 Å². The summed E-state index contributed by atoms with van der Waals surface area (Å²) in [6.07, 6.45) is 3.69. The SMILES string of the molecule is O=C1C[N+]2(CCCCC2)c2ccc(Cl)cc2N1.[Cl-]. The Morgan fingerprint density at radius 3 is 2.61 bits per heavy atom. The minimum absolute atomic E-state index is 0. The van der Waals surface area contributed by atoms with Crippen molar-refractivity contribution in [2.24, 2.45) is 0 Å². The number of hydrogen-bond acceptors (Lipinski definition) is 1. The maximum absolute atomic E-state index is 11.8. The maximum atomic E-state index is 11.8. The van der Waals surface area contributed by atoms with Crippen LogP contribution in [0.15, 0.2) is 18.2 Å². The summed E-state index contributed by atoms with van der Waals surface area (Å²) in [5.74, 6) is 0.113. The van der Waals surface area contributed by atoms with Crippen molar-refractivity contribution in [2.45, 2.75) is 19.3 Å². The van der Waals surface area contributed by atoms with Gasteiger partial charge in [-0.3, -0.25) is 9.28 Å². The molecule has 5 heteroatoms. The zero-order valence-corrected chi connectivity index (χ0v) is 11.6. The van der Waals surface area contributed by atoms with Crippen LogP contribution in [-0.4, -0.2) is 25.5 Å². The molecule has 18 heavy (non-hydrogen) atoms. The fourth-order valence-corrected chi connectivity index (χ4v) is 3.26. The lowest BCUT2D eigenvalue weighted by Crippen LogP contribution is -3.00. The third kappa shape index (κ3) is 2.22. The molecule has 1 saturated heterocycles. The molecule has 2 aliphatic heterocycles. The highest BCUT2D eigenvalue weighted by Gasteiger charge is 2.40. The van der Waals surface area contributed by atoms with Gasteiger partial charge in [-0.15, -0.1) is 0 Å². The Labute approximate surface area is 118 Å². The van der Waals surface area contributed by atoms with Crippen LogP contribution in [-0.2, 0) is 4.79 Å². The van der Waals surface area contributed by atoms with Crippen LogP contribution in [0.4, 0.5) is 11.4 Å². The lowest BCUT2D eigenvalue weighted by atomic mass is 10.0. The normalized spacial score (nSPS) is 20.8. The van der Waals surface area contributed by atoms with Crippen LogP contribution in [0.1, 0.15) is 19.3 Å². The Bertz CT molecular complexity index is 470. The first kappa shape index (κ1) is 13.7. The zero-order valence-electron chi connectivity index (χ0n) is 10.1. The Kier molecular flexibility index (Phi) is 3.85. The van der Waals surface area contributed by atoms with Gasteiger partial charge in [0.1, 0.15) is 5.69 Å². The molecule has 0 bridgehead atoms. The molecule has 0 aliphatic carbocycles. The Hall–Kier alpha value is -0.770. The van der Waals surface area contributed by atoms with Gasteiger partial charge >= 0.3 is 0 Å². The minimum atomic E-state index is 0. The van der Waals surface area contributed by atoms with E-state index < -0.39 is 0 Å². The van der Waals surface area contributed by atoms with Crippen LogP contribution < -0.4 is 22.2 Å². The molecule has 3 nitrogen and oxygen atoms in total. The Balaban J connectivity index is 0.00000120. The van der Waals surface area contributed by atoms with E-state index in [-0.39, 0.29) is 18.3 Å². The summed E-state index contributed by atoms with van der Waals surface area (Å²) in [6, 6.07) is 5.86. The van der Waals surface area contributed by atoms with Crippen molar-refractivity contribution in [3.8, 4) is 0 Å². The number of amides is 1. The summed E-state index contributed by atoms with van der Waals surface area (Å²) in [6.45, 7) is 2.72. The quantitative estimate of drug-likeness (QED) is 0.657. The van der Waals surface area contributed by atoms with Crippen LogP contribution in [0, 0.1) is 0 Å². The van der Waals surface area contributed by atoms with Crippen LogP contribution >= 0.6 is 11.6 Å². The lowest BCUT2D eigenvalue weighted by molar-refractivity contribution is -0.117. The number of carbonyl (C=O) groups excluding carboxylic acids is 1. The summed E-state index contributed by atoms with van der Waals surface area (Å²) in [5.41, 5.74) is 2.13. The van der Waals surface area contributed by atoms with Crippen LogP contribution in [0.2, 0.25) is 5.02 Å². The molecule has 0 radical (unpaired) electrons. The Morgan fingerprint density at radius 1 is 1.17 bits per heavy atom. The first-order valence-electron chi connectivity index (χ1n) is 6.16. The second-order valence-electron chi connectivity index (χ2n) is 5.02. The average Bonchev–Trinajstić information content (AvgIpc) is 2.29. The Morgan fingerprint density at radius 2 is 1.89 bits per heavy atom. The highest BCUT2D eigenvalue weighted by Crippen LogP contribution is 2.39. The number of nitrogens with one attached hydrogen (secondary N) is 1. The number of hydrogen-bond donors (Lipinski definition) is 1. The van der Waals surface area contributed by atoms with Crippen LogP contribution in [0.5, 0.6) is 0 Å². The predicted octanol–water partition coefficient (Wildman–Crippen LogP) is -0.213. The van der Waals surface area contributed by atoms with Gasteiger partial charge in [-0.05, 0) is 31.4 Å². The number of benzene rings is 1. The maximum Gasteiger partial charge on any atom is 0.280 e. The molecule has 98 valence electrons. The molecule has 1 aromatic rings. The van der Waals surface area contributed by atoms with Crippen LogP contribution in [0.3, 0.4) is 0 Å². The molecule has 0 saturated carbocycles. The zero-order chi connectivity index (χ0) is 11.9. The molecule has 1 fully saturated rings. The van der Waals surface area contributed by atoms with Gasteiger partial charge in [-0.25, -0.2) is 0 Å². The highest BCUT2D eigenvalue weighted by molar-refractivity contribution is 6.31. The molecule has 2 aliphatic rings. The van der Waals surface area contributed by atoms with Gasteiger partial charge < -0.3 is 17.7 Å². The standard InChI is InChI=1S/C13H15ClN2O.ClH/c14-10-4-5-12-11(8-10)15-13(17)9-16(12)6-2-1-3-7-16;/h4-5,8H,1-3,6-7,9H2;1H. The molecule has 0 aromatic heterocycles. The fraction of sp³-hybridized carbons (Fsp3) is 0.462. The van der Waals surface area contributed by atoms with E-state index in [1.54, 1.807) is 0 Å². The lowest BCUT2D eigenvalue weighted by Gasteiger charge is -2.43. The van der Waals surface area contributed by atoms with E-state index in [0.717, 1.165) is 23.3 Å². The smallest absolute Gasteiger partial charge is 0.280 e. The van der Waals surface area contributed by atoms with Gasteiger partial charge in [0.15, 0.2) is 12.2 Å². The molecule has 0 unspecified atom stereocenters. The first-order valence-corrected chi connectivity index (χ1v) is 6.53. The molecule has 1 spiro atoms. The van der Waals surface area contributed by atoms with Gasteiger partial charge in [0.25, 0.3) is 5.91 Å². The van der Waals surface area contributed by atoms with Gasteiger partial charge in [-0.2, -0.15) is 0 Å². The summed E-state index contributed by atoms with van der Waals surface area (Å²) in [4.78, 5) is 11.8. The first-order chi connectivity index (χ1) is 8.20. The number of anilines is 1. The molecule has 1 amide bonds. The van der Waals surface area contributed by atoms with Crippen molar-refractivity contribution in [2.75, 3.05) is 25.0 Å². The number of carbonyl (C=O) groups is 1. The second kappa shape index (κ2) is 5.08. The molecule has 1 N–H and O–H groups in total. The van der Waals surface area contributed by atoms with Crippen molar-refractivity contribution >= 4 is 28.9 Å². The van der Waals surface area contributed by atoms with E-state index in [9.17, 15) is 4.79 Å². The van der Waals surface area contributed by atoms with Crippen molar-refractivity contribution in [3.05, 3.63) is 23.2 Å². The summed E-state index contributed by atoms with van der Waals surface area (Å²) in [7, 11) is 0. The fourth-order valence-electron chi connectivity index (χ4n) is 3.09. The van der Waals surface area contributed by atoms with Crippen molar-refractivity contribution < 1.29 is 17.2 Å². The highest BCUT2D eigenvalue weighted by atomic mass is 35.5. The number of halogens is 2. The third-order valence-corrected chi connectivity index (χ3v) is 4.10. The van der Waals surface area contributed by atoms with Gasteiger partial charge in [0.05, 0.1) is 13.1 Å². The second-order valence-corrected chi connectivity index (χ2v) is 5.46. The van der Waals surface area contributed by atoms with E-state index in [4.69, 9.17) is 11.6 Å². The number of rotatable bonds is 0. The van der Waals surface area contributed by atoms with E-state index in [0.29, 0.717) is 11.6 Å². The van der Waals surface area contributed by atoms with Gasteiger partial charge in [0.2, 0.25) is 0 Å². The molecule has 3 rings (SSSR count). The number of piperidine rings is 1. The van der Waals surface area contributed by atoms with Gasteiger partial charge in [-0.1, -0.05) is 11.6 Å². The molecule has 2 heterocycles. The summed E-state index contributed by atoms with van der Waals surface area (Å²) >= 11 is 5.99. The molecular weight excluding hydrogens is 271 g/mol. The minimum Gasteiger partial charge on any atom is -1.00 e. The molecular formula is C13H16Cl2N2O. The van der Waals surface area contributed by atoms with E-state index in [1.165, 1.54) is 24.9 Å². The number of nitrogens with zero attached hydrogens (tertiary/aromatic N) is 1. The van der Waals surface area contributed by atoms with E-state index in [1.807, 2.05) is 12.1 Å². The van der Waals surface area contributed by atoms with Gasteiger partial charge in [0, 0.05) is 11.1 Å². The third-order valence-electron chi connectivity index (χ3n) is 3.86. The largest absolute Gasteiger partial charge is 1.00 e. The van der Waals surface area contributed by atoms with E-state index in [2.05, 4.69) is 11.4 Å². The predicted molar refractivity (Wildman–Crippen MR) is 70.3 cm³/mol. The summed E-state index contributed by atoms with van der Waals surface area (Å²) in [5, 5.41) is 3.61. The topological polar surface area (TPSA) is 29.1 Å². The van der Waals surface area contributed by atoms with Crippen molar-refractivity contribution in [3.63, 3.8) is 0 Å². The van der Waals surface area contributed by atoms with Crippen molar-refractivity contribution in [1.29, 1.82) is 0 Å². The number of quaternary nitrogens is 1.